The number of hydrogen-bond donors (Lipinski definition) is 0. The predicted molar refractivity (Wildman–Crippen MR) is 103 cm³/mol. The van der Waals surface area contributed by atoms with Crippen molar-refractivity contribution in [2.75, 3.05) is 7.11 Å². The maximum Gasteiger partial charge on any atom is 0.209 e. The number of rotatable bonds is 3. The van der Waals surface area contributed by atoms with Gasteiger partial charge in [0.2, 0.25) is 5.13 Å². The van der Waals surface area contributed by atoms with Crippen LogP contribution < -0.4 is 4.74 Å². The number of halogens is 2. The second kappa shape index (κ2) is 6.31. The molecule has 6 heteroatoms. The fourth-order valence-electron chi connectivity index (χ4n) is 2.78. The van der Waals surface area contributed by atoms with Crippen LogP contribution in [0.2, 0.25) is 5.02 Å². The summed E-state index contributed by atoms with van der Waals surface area (Å²) in [6.45, 7) is 0. The SMILES string of the molecule is COc1ccc(Br)c2c1-c1nc(N=Cc3ccccc3Cl)sc1C2. The van der Waals surface area contributed by atoms with Gasteiger partial charge in [0.25, 0.3) is 0 Å². The second-order valence-corrected chi connectivity index (χ2v) is 7.65. The molecule has 2 aromatic carbocycles. The van der Waals surface area contributed by atoms with E-state index in [0.29, 0.717) is 5.02 Å². The van der Waals surface area contributed by atoms with E-state index in [1.807, 2.05) is 36.4 Å². The highest BCUT2D eigenvalue weighted by atomic mass is 79.9. The number of nitrogens with zero attached hydrogens (tertiary/aromatic N) is 2. The molecule has 3 nitrogen and oxygen atoms in total. The Bertz CT molecular complexity index is 968. The number of ether oxygens (including phenoxy) is 1. The summed E-state index contributed by atoms with van der Waals surface area (Å²) in [6, 6.07) is 11.6. The molecular formula is C18H12BrClN2OS. The zero-order valence-corrected chi connectivity index (χ0v) is 15.9. The van der Waals surface area contributed by atoms with Crippen LogP contribution in [0.3, 0.4) is 0 Å². The lowest BCUT2D eigenvalue weighted by molar-refractivity contribution is 0.416. The Morgan fingerprint density at radius 1 is 1.29 bits per heavy atom. The molecule has 0 saturated carbocycles. The Labute approximate surface area is 157 Å². The van der Waals surface area contributed by atoms with E-state index in [9.17, 15) is 0 Å². The molecule has 0 bridgehead atoms. The molecule has 120 valence electrons. The zero-order valence-electron chi connectivity index (χ0n) is 12.7. The van der Waals surface area contributed by atoms with Crippen LogP contribution in [0, 0.1) is 0 Å². The zero-order chi connectivity index (χ0) is 16.7. The van der Waals surface area contributed by atoms with Crippen molar-refractivity contribution < 1.29 is 4.74 Å². The second-order valence-electron chi connectivity index (χ2n) is 5.33. The minimum atomic E-state index is 0.682. The molecule has 0 aliphatic heterocycles. The first-order valence-electron chi connectivity index (χ1n) is 7.31. The van der Waals surface area contributed by atoms with Crippen molar-refractivity contribution in [3.63, 3.8) is 0 Å². The fraction of sp³-hybridized carbons (Fsp3) is 0.111. The third-order valence-electron chi connectivity index (χ3n) is 3.92. The molecule has 1 aliphatic carbocycles. The third-order valence-corrected chi connectivity index (χ3v) is 5.97. The molecular weight excluding hydrogens is 408 g/mol. The summed E-state index contributed by atoms with van der Waals surface area (Å²) in [5.41, 5.74) is 4.15. The van der Waals surface area contributed by atoms with Crippen molar-refractivity contribution in [1.82, 2.24) is 4.98 Å². The van der Waals surface area contributed by atoms with Gasteiger partial charge in [-0.05, 0) is 23.8 Å². The van der Waals surface area contributed by atoms with E-state index in [2.05, 4.69) is 20.9 Å². The van der Waals surface area contributed by atoms with E-state index in [0.717, 1.165) is 38.6 Å². The molecule has 0 unspecified atom stereocenters. The lowest BCUT2D eigenvalue weighted by atomic mass is 10.1. The molecule has 4 rings (SSSR count). The van der Waals surface area contributed by atoms with Crippen LogP contribution in [0.1, 0.15) is 16.0 Å². The summed E-state index contributed by atoms with van der Waals surface area (Å²) in [5.74, 6) is 0.846. The number of benzene rings is 2. The molecule has 24 heavy (non-hydrogen) atoms. The van der Waals surface area contributed by atoms with Crippen LogP contribution in [-0.4, -0.2) is 18.3 Å². The minimum absolute atomic E-state index is 0.682. The molecule has 1 aromatic heterocycles. The number of aliphatic imine (C=N–C) groups is 1. The third kappa shape index (κ3) is 2.66. The monoisotopic (exact) mass is 418 g/mol. The van der Waals surface area contributed by atoms with Gasteiger partial charge < -0.3 is 4.74 Å². The van der Waals surface area contributed by atoms with E-state index in [1.54, 1.807) is 24.7 Å². The maximum atomic E-state index is 6.16. The number of aromatic nitrogens is 1. The minimum Gasteiger partial charge on any atom is -0.496 e. The lowest BCUT2D eigenvalue weighted by Crippen LogP contribution is -1.90. The Morgan fingerprint density at radius 2 is 2.12 bits per heavy atom. The van der Waals surface area contributed by atoms with Gasteiger partial charge >= 0.3 is 0 Å². The first-order chi connectivity index (χ1) is 11.7. The molecule has 0 radical (unpaired) electrons. The topological polar surface area (TPSA) is 34.5 Å². The lowest BCUT2D eigenvalue weighted by Gasteiger charge is -2.08. The smallest absolute Gasteiger partial charge is 0.209 e. The quantitative estimate of drug-likeness (QED) is 0.388. The average Bonchev–Trinajstić information content (AvgIpc) is 3.13. The van der Waals surface area contributed by atoms with Crippen LogP contribution in [0.25, 0.3) is 11.3 Å². The maximum absolute atomic E-state index is 6.16. The molecule has 0 spiro atoms. The van der Waals surface area contributed by atoms with Crippen LogP contribution in [0.5, 0.6) is 5.75 Å². The molecule has 0 amide bonds. The Morgan fingerprint density at radius 3 is 2.92 bits per heavy atom. The standard InChI is InChI=1S/C18H12BrClN2OS/c1-23-14-7-6-12(19)11-8-15-17(16(11)14)22-18(24-15)21-9-10-4-2-3-5-13(10)20/h2-7,9H,8H2,1H3. The van der Waals surface area contributed by atoms with E-state index in [-0.39, 0.29) is 0 Å². The normalized spacial score (nSPS) is 12.5. The van der Waals surface area contributed by atoms with Crippen molar-refractivity contribution in [3.05, 3.63) is 61.9 Å². The summed E-state index contributed by atoms with van der Waals surface area (Å²) in [5, 5.41) is 1.41. The Hall–Kier alpha value is -1.69. The highest BCUT2D eigenvalue weighted by molar-refractivity contribution is 9.10. The fourth-order valence-corrected chi connectivity index (χ4v) is 4.36. The van der Waals surface area contributed by atoms with E-state index in [1.165, 1.54) is 10.4 Å². The molecule has 1 heterocycles. The highest BCUT2D eigenvalue weighted by Gasteiger charge is 2.28. The summed E-state index contributed by atoms with van der Waals surface area (Å²) < 4.78 is 6.60. The van der Waals surface area contributed by atoms with E-state index < -0.39 is 0 Å². The summed E-state index contributed by atoms with van der Waals surface area (Å²) in [4.78, 5) is 10.4. The molecule has 3 aromatic rings. The Balaban J connectivity index is 1.72. The van der Waals surface area contributed by atoms with Gasteiger partial charge in [-0.1, -0.05) is 57.1 Å². The van der Waals surface area contributed by atoms with Gasteiger partial charge in [-0.2, -0.15) is 0 Å². The molecule has 0 atom stereocenters. The number of thiazole rings is 1. The van der Waals surface area contributed by atoms with Gasteiger partial charge in [0.1, 0.15) is 5.75 Å². The highest BCUT2D eigenvalue weighted by Crippen LogP contribution is 2.48. The number of hydrogen-bond acceptors (Lipinski definition) is 4. The first-order valence-corrected chi connectivity index (χ1v) is 9.30. The summed E-state index contributed by atoms with van der Waals surface area (Å²) in [7, 11) is 1.68. The van der Waals surface area contributed by atoms with E-state index >= 15 is 0 Å². The van der Waals surface area contributed by atoms with Crippen LogP contribution in [0.15, 0.2) is 45.9 Å². The van der Waals surface area contributed by atoms with Crippen molar-refractivity contribution in [3.8, 4) is 17.0 Å². The molecule has 1 aliphatic rings. The van der Waals surface area contributed by atoms with Gasteiger partial charge in [0.05, 0.1) is 12.8 Å². The van der Waals surface area contributed by atoms with Gasteiger partial charge in [0.15, 0.2) is 0 Å². The van der Waals surface area contributed by atoms with Gasteiger partial charge in [-0.25, -0.2) is 9.98 Å². The predicted octanol–water partition coefficient (Wildman–Crippen LogP) is 5.89. The number of methoxy groups -OCH3 is 1. The van der Waals surface area contributed by atoms with Crippen LogP contribution >= 0.6 is 38.9 Å². The van der Waals surface area contributed by atoms with E-state index in [4.69, 9.17) is 21.3 Å². The van der Waals surface area contributed by atoms with Crippen molar-refractivity contribution in [2.24, 2.45) is 4.99 Å². The van der Waals surface area contributed by atoms with Crippen LogP contribution in [-0.2, 0) is 6.42 Å². The number of fused-ring (bicyclic) bond motifs is 3. The largest absolute Gasteiger partial charge is 0.496 e. The van der Waals surface area contributed by atoms with Crippen LogP contribution in [0.4, 0.5) is 5.13 Å². The van der Waals surface area contributed by atoms with Crippen molar-refractivity contribution in [2.45, 2.75) is 6.42 Å². The molecule has 0 N–H and O–H groups in total. The summed E-state index contributed by atoms with van der Waals surface area (Å²) in [6.07, 6.45) is 2.61. The van der Waals surface area contributed by atoms with Gasteiger partial charge in [0, 0.05) is 38.1 Å². The van der Waals surface area contributed by atoms with Gasteiger partial charge in [-0.3, -0.25) is 0 Å². The summed E-state index contributed by atoms with van der Waals surface area (Å²) >= 11 is 11.4. The average molecular weight is 420 g/mol. The van der Waals surface area contributed by atoms with Crippen molar-refractivity contribution in [1.29, 1.82) is 0 Å². The molecule has 0 saturated heterocycles. The first kappa shape index (κ1) is 15.8. The Kier molecular flexibility index (Phi) is 4.16. The van der Waals surface area contributed by atoms with Crippen molar-refractivity contribution >= 4 is 50.2 Å². The molecule has 0 fully saturated rings. The van der Waals surface area contributed by atoms with Gasteiger partial charge in [-0.15, -0.1) is 0 Å².